The maximum Gasteiger partial charge on any atom is 0.452 e. The van der Waals surface area contributed by atoms with E-state index >= 15 is 0 Å². The molecule has 1 aromatic carbocycles. The Bertz CT molecular complexity index is 1140. The SMILES string of the molecule is O=C(Nc1ccc(N2CCC(C(=O)O)CC2)nc1)c1nc(-c2ccccc2)oc1C(F)(F)F. The number of carbonyl (C=O) groups excluding carboxylic acids is 1. The molecular formula is C22H19F3N4O4. The van der Waals surface area contributed by atoms with Crippen LogP contribution in [0.1, 0.15) is 29.1 Å². The second-order valence-corrected chi connectivity index (χ2v) is 7.52. The van der Waals surface area contributed by atoms with Gasteiger partial charge in [-0.2, -0.15) is 13.2 Å². The normalized spacial score (nSPS) is 14.8. The predicted molar refractivity (Wildman–Crippen MR) is 112 cm³/mol. The van der Waals surface area contributed by atoms with Gasteiger partial charge in [0.05, 0.1) is 17.8 Å². The van der Waals surface area contributed by atoms with Gasteiger partial charge in [-0.3, -0.25) is 9.59 Å². The lowest BCUT2D eigenvalue weighted by molar-refractivity contribution is -0.153. The number of hydrogen-bond donors (Lipinski definition) is 2. The number of halogens is 3. The third kappa shape index (κ3) is 4.97. The first kappa shape index (κ1) is 22.3. The highest BCUT2D eigenvalue weighted by Gasteiger charge is 2.42. The number of hydrogen-bond acceptors (Lipinski definition) is 6. The summed E-state index contributed by atoms with van der Waals surface area (Å²) in [7, 11) is 0. The third-order valence-corrected chi connectivity index (χ3v) is 5.29. The maximum absolute atomic E-state index is 13.4. The van der Waals surface area contributed by atoms with E-state index in [1.165, 1.54) is 24.4 Å². The maximum atomic E-state index is 13.4. The Balaban J connectivity index is 1.49. The molecule has 0 unspecified atom stereocenters. The molecule has 3 aromatic rings. The van der Waals surface area contributed by atoms with E-state index in [4.69, 9.17) is 9.52 Å². The van der Waals surface area contributed by atoms with Crippen LogP contribution >= 0.6 is 0 Å². The van der Waals surface area contributed by atoms with Gasteiger partial charge in [0.25, 0.3) is 5.91 Å². The van der Waals surface area contributed by atoms with Gasteiger partial charge in [0.2, 0.25) is 11.7 Å². The number of amides is 1. The van der Waals surface area contributed by atoms with Crippen molar-refractivity contribution in [2.24, 2.45) is 5.92 Å². The highest BCUT2D eigenvalue weighted by atomic mass is 19.4. The molecule has 33 heavy (non-hydrogen) atoms. The Hall–Kier alpha value is -3.89. The summed E-state index contributed by atoms with van der Waals surface area (Å²) in [4.78, 5) is 33.6. The molecule has 1 aliphatic rings. The molecule has 2 N–H and O–H groups in total. The Morgan fingerprint density at radius 1 is 1.09 bits per heavy atom. The standard InChI is InChI=1S/C22H19F3N4O4/c23-22(24,25)18-17(28-20(33-18)13-4-2-1-3-5-13)19(30)27-15-6-7-16(26-12-15)29-10-8-14(9-11-29)21(31)32/h1-7,12,14H,8-11H2,(H,27,30)(H,31,32). The molecule has 4 rings (SSSR count). The van der Waals surface area contributed by atoms with E-state index in [-0.39, 0.29) is 17.5 Å². The number of carbonyl (C=O) groups is 2. The second-order valence-electron chi connectivity index (χ2n) is 7.52. The van der Waals surface area contributed by atoms with Crippen molar-refractivity contribution in [3.8, 4) is 11.5 Å². The Labute approximate surface area is 186 Å². The number of nitrogens with zero attached hydrogens (tertiary/aromatic N) is 3. The lowest BCUT2D eigenvalue weighted by Gasteiger charge is -2.31. The number of alkyl halides is 3. The van der Waals surface area contributed by atoms with Crippen LogP contribution < -0.4 is 10.2 Å². The average molecular weight is 460 g/mol. The average Bonchev–Trinajstić information content (AvgIpc) is 3.27. The summed E-state index contributed by atoms with van der Waals surface area (Å²) in [5, 5.41) is 11.5. The molecule has 1 aliphatic heterocycles. The minimum Gasteiger partial charge on any atom is -0.481 e. The highest BCUT2D eigenvalue weighted by molar-refractivity contribution is 6.04. The summed E-state index contributed by atoms with van der Waals surface area (Å²) in [6.07, 6.45) is -2.60. The van der Waals surface area contributed by atoms with E-state index in [9.17, 15) is 22.8 Å². The summed E-state index contributed by atoms with van der Waals surface area (Å²) in [5.41, 5.74) is -0.387. The molecule has 1 fully saturated rings. The fourth-order valence-corrected chi connectivity index (χ4v) is 3.56. The van der Waals surface area contributed by atoms with Crippen molar-refractivity contribution < 1.29 is 32.3 Å². The topological polar surface area (TPSA) is 109 Å². The molecule has 3 heterocycles. The van der Waals surface area contributed by atoms with Crippen LogP contribution in [0.4, 0.5) is 24.7 Å². The Kier molecular flexibility index (Phi) is 6.03. The second kappa shape index (κ2) is 8.93. The summed E-state index contributed by atoms with van der Waals surface area (Å²) < 4.78 is 45.2. The van der Waals surface area contributed by atoms with Gasteiger partial charge in [-0.25, -0.2) is 9.97 Å². The number of carboxylic acids is 1. The molecule has 172 valence electrons. The number of pyridine rings is 1. The van der Waals surface area contributed by atoms with E-state index in [1.54, 1.807) is 24.3 Å². The quantitative estimate of drug-likeness (QED) is 0.584. The molecule has 0 radical (unpaired) electrons. The van der Waals surface area contributed by atoms with E-state index < -0.39 is 29.5 Å². The van der Waals surface area contributed by atoms with Crippen LogP contribution in [0, 0.1) is 5.92 Å². The van der Waals surface area contributed by atoms with E-state index in [0.29, 0.717) is 37.3 Å². The fraction of sp³-hybridized carbons (Fsp3) is 0.273. The van der Waals surface area contributed by atoms with E-state index in [0.717, 1.165) is 0 Å². The van der Waals surface area contributed by atoms with E-state index in [2.05, 4.69) is 15.3 Å². The Morgan fingerprint density at radius 2 is 1.79 bits per heavy atom. The van der Waals surface area contributed by atoms with Gasteiger partial charge in [-0.1, -0.05) is 18.2 Å². The smallest absolute Gasteiger partial charge is 0.452 e. The van der Waals surface area contributed by atoms with Gasteiger partial charge >= 0.3 is 12.1 Å². The van der Waals surface area contributed by atoms with Crippen molar-refractivity contribution >= 4 is 23.4 Å². The van der Waals surface area contributed by atoms with E-state index in [1.807, 2.05) is 4.90 Å². The highest BCUT2D eigenvalue weighted by Crippen LogP contribution is 2.35. The number of piperidine rings is 1. The molecule has 11 heteroatoms. The van der Waals surface area contributed by atoms with Gasteiger partial charge < -0.3 is 19.7 Å². The van der Waals surface area contributed by atoms with Gasteiger partial charge in [-0.05, 0) is 37.1 Å². The minimum atomic E-state index is -4.91. The van der Waals surface area contributed by atoms with Crippen LogP contribution in [0.3, 0.4) is 0 Å². The predicted octanol–water partition coefficient (Wildman–Crippen LogP) is 4.31. The van der Waals surface area contributed by atoms with Gasteiger partial charge in [-0.15, -0.1) is 0 Å². The van der Waals surface area contributed by atoms with Crippen LogP contribution in [0.2, 0.25) is 0 Å². The molecule has 2 aromatic heterocycles. The zero-order valence-corrected chi connectivity index (χ0v) is 17.2. The van der Waals surface area contributed by atoms with Crippen LogP contribution in [0.25, 0.3) is 11.5 Å². The molecule has 1 amide bonds. The minimum absolute atomic E-state index is 0.182. The first-order valence-corrected chi connectivity index (χ1v) is 10.1. The molecule has 0 bridgehead atoms. The number of oxazole rings is 1. The van der Waals surface area contributed by atoms with Gasteiger partial charge in [0.1, 0.15) is 5.82 Å². The molecule has 8 nitrogen and oxygen atoms in total. The number of carboxylic acid groups (broad SMARTS) is 1. The first-order chi connectivity index (χ1) is 15.7. The molecule has 0 spiro atoms. The van der Waals surface area contributed by atoms with Crippen molar-refractivity contribution in [2.45, 2.75) is 19.0 Å². The summed E-state index contributed by atoms with van der Waals surface area (Å²) >= 11 is 0. The molecule has 1 saturated heterocycles. The molecular weight excluding hydrogens is 441 g/mol. The number of anilines is 2. The molecule has 0 atom stereocenters. The van der Waals surface area contributed by atoms with Crippen molar-refractivity contribution in [3.05, 3.63) is 60.1 Å². The van der Waals surface area contributed by atoms with Crippen LogP contribution in [0.15, 0.2) is 53.1 Å². The number of rotatable bonds is 5. The number of aromatic nitrogens is 2. The summed E-state index contributed by atoms with van der Waals surface area (Å²) in [5.74, 6) is -3.49. The zero-order valence-electron chi connectivity index (χ0n) is 17.2. The zero-order chi connectivity index (χ0) is 23.6. The summed E-state index contributed by atoms with van der Waals surface area (Å²) in [6.45, 7) is 1.04. The number of aliphatic carboxylic acids is 1. The molecule has 0 saturated carbocycles. The lowest BCUT2D eigenvalue weighted by atomic mass is 9.97. The molecule has 0 aliphatic carbocycles. The number of nitrogens with one attached hydrogen (secondary N) is 1. The van der Waals surface area contributed by atoms with Crippen LogP contribution in [-0.4, -0.2) is 40.0 Å². The fourth-order valence-electron chi connectivity index (χ4n) is 3.56. The largest absolute Gasteiger partial charge is 0.481 e. The van der Waals surface area contributed by atoms with Crippen LogP contribution in [0.5, 0.6) is 0 Å². The Morgan fingerprint density at radius 3 is 2.36 bits per heavy atom. The number of benzene rings is 1. The lowest BCUT2D eigenvalue weighted by Crippen LogP contribution is -2.36. The first-order valence-electron chi connectivity index (χ1n) is 10.1. The van der Waals surface area contributed by atoms with Crippen molar-refractivity contribution in [3.63, 3.8) is 0 Å². The van der Waals surface area contributed by atoms with Crippen molar-refractivity contribution in [1.29, 1.82) is 0 Å². The van der Waals surface area contributed by atoms with Gasteiger partial charge in [0.15, 0.2) is 5.69 Å². The van der Waals surface area contributed by atoms with Crippen LogP contribution in [-0.2, 0) is 11.0 Å². The van der Waals surface area contributed by atoms with Gasteiger partial charge in [0, 0.05) is 18.7 Å². The third-order valence-electron chi connectivity index (χ3n) is 5.29. The van der Waals surface area contributed by atoms with Crippen molar-refractivity contribution in [2.75, 3.05) is 23.3 Å². The monoisotopic (exact) mass is 460 g/mol. The summed E-state index contributed by atoms with van der Waals surface area (Å²) in [6, 6.07) is 11.1. The van der Waals surface area contributed by atoms with Crippen molar-refractivity contribution in [1.82, 2.24) is 9.97 Å².